The van der Waals surface area contributed by atoms with E-state index < -0.39 is 0 Å². The molecule has 3 heteroatoms. The Morgan fingerprint density at radius 2 is 1.73 bits per heavy atom. The van der Waals surface area contributed by atoms with E-state index in [1.807, 2.05) is 30.3 Å². The lowest BCUT2D eigenvalue weighted by molar-refractivity contribution is 0.217. The number of hydrogen-bond acceptors (Lipinski definition) is 3. The van der Waals surface area contributed by atoms with Crippen LogP contribution in [0.1, 0.15) is 30.4 Å². The van der Waals surface area contributed by atoms with Crippen LogP contribution in [-0.2, 0) is 6.61 Å². The lowest BCUT2D eigenvalue weighted by Gasteiger charge is -2.18. The third kappa shape index (κ3) is 4.86. The second-order valence-electron chi connectivity index (χ2n) is 5.76. The first-order chi connectivity index (χ1) is 10.7. The van der Waals surface area contributed by atoms with Gasteiger partial charge in [-0.05, 0) is 48.1 Å². The highest BCUT2D eigenvalue weighted by Gasteiger charge is 2.12. The Morgan fingerprint density at radius 1 is 1.05 bits per heavy atom. The molecule has 0 bridgehead atoms. The maximum Gasteiger partial charge on any atom is 0.119 e. The van der Waals surface area contributed by atoms with Gasteiger partial charge in [-0.15, -0.1) is 0 Å². The average molecular weight is 299 g/mol. The summed E-state index contributed by atoms with van der Waals surface area (Å²) >= 11 is 0. The van der Waals surface area contributed by atoms with Crippen molar-refractivity contribution in [2.45, 2.75) is 25.9 Å². The van der Waals surface area contributed by atoms with E-state index in [0.717, 1.165) is 17.7 Å². The fourth-order valence-corrected chi connectivity index (χ4v) is 2.51. The molecule has 2 aromatic carbocycles. The van der Waals surface area contributed by atoms with E-state index in [0.29, 0.717) is 19.1 Å². The van der Waals surface area contributed by atoms with E-state index >= 15 is 0 Å². The van der Waals surface area contributed by atoms with Crippen LogP contribution in [0.3, 0.4) is 0 Å². The molecule has 0 heterocycles. The molecule has 0 aliphatic rings. The molecule has 2 atom stereocenters. The standard InChI is InChI=1S/C19H25NO2/c1-15(11-17(12-20)13-21)18-7-9-19(10-8-18)22-14-16-5-3-2-4-6-16/h2-10,15,17,21H,11-14,20H2,1H3. The highest BCUT2D eigenvalue weighted by molar-refractivity contribution is 5.29. The molecule has 2 aromatic rings. The third-order valence-electron chi connectivity index (χ3n) is 3.98. The zero-order chi connectivity index (χ0) is 15.8. The summed E-state index contributed by atoms with van der Waals surface area (Å²) in [6.45, 7) is 3.42. The Kier molecular flexibility index (Phi) is 6.44. The summed E-state index contributed by atoms with van der Waals surface area (Å²) in [7, 11) is 0. The average Bonchev–Trinajstić information content (AvgIpc) is 2.59. The predicted octanol–water partition coefficient (Wildman–Crippen LogP) is 3.33. The molecule has 3 nitrogen and oxygen atoms in total. The smallest absolute Gasteiger partial charge is 0.119 e. The molecule has 2 rings (SSSR count). The topological polar surface area (TPSA) is 55.5 Å². The van der Waals surface area contributed by atoms with Gasteiger partial charge in [-0.2, -0.15) is 0 Å². The first kappa shape index (κ1) is 16.5. The van der Waals surface area contributed by atoms with Crippen LogP contribution in [0.15, 0.2) is 54.6 Å². The molecule has 3 N–H and O–H groups in total. The van der Waals surface area contributed by atoms with Crippen molar-refractivity contribution in [3.05, 3.63) is 65.7 Å². The Labute approximate surface area is 132 Å². The minimum Gasteiger partial charge on any atom is -0.489 e. The van der Waals surface area contributed by atoms with Crippen LogP contribution in [-0.4, -0.2) is 18.3 Å². The SMILES string of the molecule is CC(CC(CN)CO)c1ccc(OCc2ccccc2)cc1. The first-order valence-corrected chi connectivity index (χ1v) is 7.80. The zero-order valence-corrected chi connectivity index (χ0v) is 13.1. The van der Waals surface area contributed by atoms with E-state index in [1.54, 1.807) is 0 Å². The molecular formula is C19H25NO2. The van der Waals surface area contributed by atoms with Gasteiger partial charge in [-0.25, -0.2) is 0 Å². The van der Waals surface area contributed by atoms with E-state index in [4.69, 9.17) is 10.5 Å². The molecule has 0 spiro atoms. The van der Waals surface area contributed by atoms with E-state index in [-0.39, 0.29) is 12.5 Å². The van der Waals surface area contributed by atoms with Gasteiger partial charge in [-0.1, -0.05) is 49.4 Å². The van der Waals surface area contributed by atoms with Gasteiger partial charge in [0.15, 0.2) is 0 Å². The summed E-state index contributed by atoms with van der Waals surface area (Å²) in [5.41, 5.74) is 8.06. The van der Waals surface area contributed by atoms with Crippen LogP contribution in [0.5, 0.6) is 5.75 Å². The van der Waals surface area contributed by atoms with Gasteiger partial charge in [-0.3, -0.25) is 0 Å². The van der Waals surface area contributed by atoms with Gasteiger partial charge in [0.1, 0.15) is 12.4 Å². The summed E-state index contributed by atoms with van der Waals surface area (Å²) < 4.78 is 5.79. The molecule has 0 aromatic heterocycles. The van der Waals surface area contributed by atoms with E-state index in [1.165, 1.54) is 5.56 Å². The fourth-order valence-electron chi connectivity index (χ4n) is 2.51. The van der Waals surface area contributed by atoms with Gasteiger partial charge in [0.05, 0.1) is 0 Å². The van der Waals surface area contributed by atoms with Crippen molar-refractivity contribution in [3.8, 4) is 5.75 Å². The van der Waals surface area contributed by atoms with Gasteiger partial charge in [0, 0.05) is 6.61 Å². The quantitative estimate of drug-likeness (QED) is 0.786. The summed E-state index contributed by atoms with van der Waals surface area (Å²) in [4.78, 5) is 0. The number of aliphatic hydroxyl groups excluding tert-OH is 1. The molecule has 0 aliphatic heterocycles. The second-order valence-corrected chi connectivity index (χ2v) is 5.76. The highest BCUT2D eigenvalue weighted by atomic mass is 16.5. The van der Waals surface area contributed by atoms with Crippen molar-refractivity contribution in [1.82, 2.24) is 0 Å². The van der Waals surface area contributed by atoms with Crippen LogP contribution in [0, 0.1) is 5.92 Å². The third-order valence-corrected chi connectivity index (χ3v) is 3.98. The summed E-state index contributed by atoms with van der Waals surface area (Å²) in [5, 5.41) is 9.24. The number of nitrogens with two attached hydrogens (primary N) is 1. The predicted molar refractivity (Wildman–Crippen MR) is 89.9 cm³/mol. The molecule has 0 saturated heterocycles. The van der Waals surface area contributed by atoms with Gasteiger partial charge in [0.25, 0.3) is 0 Å². The Hall–Kier alpha value is -1.84. The largest absolute Gasteiger partial charge is 0.489 e. The fraction of sp³-hybridized carbons (Fsp3) is 0.368. The Morgan fingerprint density at radius 3 is 2.32 bits per heavy atom. The molecule has 0 fully saturated rings. The van der Waals surface area contributed by atoms with Gasteiger partial charge >= 0.3 is 0 Å². The van der Waals surface area contributed by atoms with Crippen molar-refractivity contribution in [2.24, 2.45) is 11.7 Å². The summed E-state index contributed by atoms with van der Waals surface area (Å²) in [6.07, 6.45) is 0.900. The van der Waals surface area contributed by atoms with Crippen LogP contribution in [0.4, 0.5) is 0 Å². The number of benzene rings is 2. The molecule has 118 valence electrons. The minimum absolute atomic E-state index is 0.152. The molecular weight excluding hydrogens is 274 g/mol. The zero-order valence-electron chi connectivity index (χ0n) is 13.1. The second kappa shape index (κ2) is 8.57. The van der Waals surface area contributed by atoms with Gasteiger partial charge < -0.3 is 15.6 Å². The van der Waals surface area contributed by atoms with Crippen molar-refractivity contribution >= 4 is 0 Å². The number of hydrogen-bond donors (Lipinski definition) is 2. The Balaban J connectivity index is 1.89. The maximum atomic E-state index is 9.24. The molecule has 22 heavy (non-hydrogen) atoms. The Bertz CT molecular complexity index is 535. The van der Waals surface area contributed by atoms with Crippen molar-refractivity contribution < 1.29 is 9.84 Å². The van der Waals surface area contributed by atoms with Crippen molar-refractivity contribution in [1.29, 1.82) is 0 Å². The van der Waals surface area contributed by atoms with Crippen LogP contribution in [0.25, 0.3) is 0 Å². The summed E-state index contributed by atoms with van der Waals surface area (Å²) in [5.74, 6) is 1.42. The lowest BCUT2D eigenvalue weighted by Crippen LogP contribution is -2.20. The van der Waals surface area contributed by atoms with E-state index in [2.05, 4.69) is 31.2 Å². The number of rotatable bonds is 8. The first-order valence-electron chi connectivity index (χ1n) is 7.80. The molecule has 0 saturated carbocycles. The highest BCUT2D eigenvalue weighted by Crippen LogP contribution is 2.25. The van der Waals surface area contributed by atoms with Crippen LogP contribution >= 0.6 is 0 Å². The monoisotopic (exact) mass is 299 g/mol. The van der Waals surface area contributed by atoms with Crippen LogP contribution in [0.2, 0.25) is 0 Å². The van der Waals surface area contributed by atoms with Crippen molar-refractivity contribution in [3.63, 3.8) is 0 Å². The molecule has 0 amide bonds. The molecule has 2 unspecified atom stereocenters. The minimum atomic E-state index is 0.152. The van der Waals surface area contributed by atoms with E-state index in [9.17, 15) is 5.11 Å². The van der Waals surface area contributed by atoms with Gasteiger partial charge in [0.2, 0.25) is 0 Å². The maximum absolute atomic E-state index is 9.24. The lowest BCUT2D eigenvalue weighted by atomic mass is 9.90. The van der Waals surface area contributed by atoms with Crippen LogP contribution < -0.4 is 10.5 Å². The number of ether oxygens (including phenoxy) is 1. The number of aliphatic hydroxyl groups is 1. The molecule has 0 radical (unpaired) electrons. The summed E-state index contributed by atoms with van der Waals surface area (Å²) in [6, 6.07) is 18.3. The molecule has 0 aliphatic carbocycles. The van der Waals surface area contributed by atoms with Crippen molar-refractivity contribution in [2.75, 3.05) is 13.2 Å². The normalized spacial score (nSPS) is 13.6.